The van der Waals surface area contributed by atoms with Crippen molar-refractivity contribution in [3.63, 3.8) is 0 Å². The van der Waals surface area contributed by atoms with Gasteiger partial charge in [-0.05, 0) is 26.3 Å². The van der Waals surface area contributed by atoms with E-state index in [1.54, 1.807) is 32.5 Å². The standard InChI is InChI=1S/C14H20O2S2/c1-12(18(15,16)14(2,3)4)10-17-11-13-8-6-5-7-9-13/h5-9H,1,10-11H2,2-4H3. The van der Waals surface area contributed by atoms with E-state index in [1.165, 1.54) is 5.56 Å². The second-order valence-corrected chi connectivity index (χ2v) is 8.93. The molecule has 0 radical (unpaired) electrons. The molecule has 0 aromatic heterocycles. The van der Waals surface area contributed by atoms with Crippen LogP contribution < -0.4 is 0 Å². The third-order valence-corrected chi connectivity index (χ3v) is 6.35. The van der Waals surface area contributed by atoms with Crippen molar-refractivity contribution < 1.29 is 8.42 Å². The van der Waals surface area contributed by atoms with Crippen LogP contribution in [0.2, 0.25) is 0 Å². The van der Waals surface area contributed by atoms with Gasteiger partial charge in [-0.3, -0.25) is 0 Å². The summed E-state index contributed by atoms with van der Waals surface area (Å²) in [5.74, 6) is 1.26. The summed E-state index contributed by atoms with van der Waals surface area (Å²) >= 11 is 1.58. The molecule has 0 fully saturated rings. The van der Waals surface area contributed by atoms with Gasteiger partial charge in [0.25, 0.3) is 0 Å². The van der Waals surface area contributed by atoms with Crippen LogP contribution in [0.5, 0.6) is 0 Å². The van der Waals surface area contributed by atoms with Crippen molar-refractivity contribution in [3.05, 3.63) is 47.4 Å². The van der Waals surface area contributed by atoms with Crippen LogP contribution in [0.1, 0.15) is 26.3 Å². The molecular formula is C14H20O2S2. The van der Waals surface area contributed by atoms with E-state index >= 15 is 0 Å². The first-order valence-electron chi connectivity index (χ1n) is 5.79. The van der Waals surface area contributed by atoms with E-state index < -0.39 is 14.6 Å². The van der Waals surface area contributed by atoms with Crippen LogP contribution in [0, 0.1) is 0 Å². The summed E-state index contributed by atoms with van der Waals surface area (Å²) in [7, 11) is -3.25. The number of sulfone groups is 1. The van der Waals surface area contributed by atoms with E-state index in [4.69, 9.17) is 0 Å². The third kappa shape index (κ3) is 3.89. The second kappa shape index (κ2) is 5.93. The summed E-state index contributed by atoms with van der Waals surface area (Å²) in [5.41, 5.74) is 1.20. The Morgan fingerprint density at radius 2 is 1.78 bits per heavy atom. The predicted molar refractivity (Wildman–Crippen MR) is 80.4 cm³/mol. The minimum absolute atomic E-state index is 0.316. The lowest BCUT2D eigenvalue weighted by Crippen LogP contribution is -2.29. The van der Waals surface area contributed by atoms with Gasteiger partial charge in [0.15, 0.2) is 9.84 Å². The zero-order valence-electron chi connectivity index (χ0n) is 11.1. The van der Waals surface area contributed by atoms with Crippen molar-refractivity contribution in [1.29, 1.82) is 0 Å². The SMILES string of the molecule is C=C(CSCc1ccccc1)S(=O)(=O)C(C)(C)C. The minimum Gasteiger partial charge on any atom is -0.223 e. The minimum atomic E-state index is -3.25. The highest BCUT2D eigenvalue weighted by Gasteiger charge is 2.31. The molecule has 0 amide bonds. The van der Waals surface area contributed by atoms with Gasteiger partial charge in [0.05, 0.1) is 4.75 Å². The molecule has 0 aliphatic heterocycles. The van der Waals surface area contributed by atoms with E-state index in [2.05, 4.69) is 6.58 Å². The van der Waals surface area contributed by atoms with Crippen LogP contribution in [0.15, 0.2) is 41.8 Å². The fourth-order valence-corrected chi connectivity index (χ4v) is 3.86. The number of hydrogen-bond donors (Lipinski definition) is 0. The fraction of sp³-hybridized carbons (Fsp3) is 0.429. The Labute approximate surface area is 114 Å². The molecule has 1 aromatic rings. The quantitative estimate of drug-likeness (QED) is 0.827. The van der Waals surface area contributed by atoms with Crippen LogP contribution in [0.25, 0.3) is 0 Å². The first-order chi connectivity index (χ1) is 8.25. The van der Waals surface area contributed by atoms with Crippen LogP contribution in [-0.4, -0.2) is 18.9 Å². The summed E-state index contributed by atoms with van der Waals surface area (Å²) in [6, 6.07) is 10.0. The Kier molecular flexibility index (Phi) is 5.05. The highest BCUT2D eigenvalue weighted by Crippen LogP contribution is 2.26. The highest BCUT2D eigenvalue weighted by molar-refractivity contribution is 8.02. The van der Waals surface area contributed by atoms with E-state index in [9.17, 15) is 8.42 Å². The molecular weight excluding hydrogens is 264 g/mol. The highest BCUT2D eigenvalue weighted by atomic mass is 32.2. The van der Waals surface area contributed by atoms with Crippen LogP contribution in [-0.2, 0) is 15.6 Å². The largest absolute Gasteiger partial charge is 0.223 e. The van der Waals surface area contributed by atoms with Gasteiger partial charge in [0.1, 0.15) is 0 Å². The molecule has 0 atom stereocenters. The van der Waals surface area contributed by atoms with Crippen LogP contribution >= 0.6 is 11.8 Å². The predicted octanol–water partition coefficient (Wildman–Crippen LogP) is 3.65. The Morgan fingerprint density at radius 1 is 1.22 bits per heavy atom. The summed E-state index contributed by atoms with van der Waals surface area (Å²) < 4.78 is 23.4. The fourth-order valence-electron chi connectivity index (χ4n) is 1.37. The van der Waals surface area contributed by atoms with Crippen molar-refractivity contribution in [2.24, 2.45) is 0 Å². The third-order valence-electron chi connectivity index (χ3n) is 2.56. The lowest BCUT2D eigenvalue weighted by Gasteiger charge is -2.20. The number of benzene rings is 1. The average molecular weight is 284 g/mol. The lowest BCUT2D eigenvalue weighted by molar-refractivity contribution is 0.567. The normalized spacial score (nSPS) is 12.4. The zero-order chi connectivity index (χ0) is 13.8. The Morgan fingerprint density at radius 3 is 2.28 bits per heavy atom. The second-order valence-electron chi connectivity index (χ2n) is 5.13. The van der Waals surface area contributed by atoms with Gasteiger partial charge in [-0.2, -0.15) is 11.8 Å². The maximum atomic E-state index is 12.1. The molecule has 4 heteroatoms. The van der Waals surface area contributed by atoms with Gasteiger partial charge in [-0.25, -0.2) is 8.42 Å². The molecule has 0 unspecified atom stereocenters. The maximum Gasteiger partial charge on any atom is 0.179 e. The van der Waals surface area contributed by atoms with E-state index in [1.807, 2.05) is 30.3 Å². The van der Waals surface area contributed by atoms with E-state index in [-0.39, 0.29) is 0 Å². The number of rotatable bonds is 5. The topological polar surface area (TPSA) is 34.1 Å². The van der Waals surface area contributed by atoms with Gasteiger partial charge >= 0.3 is 0 Å². The first-order valence-corrected chi connectivity index (χ1v) is 8.43. The summed E-state index contributed by atoms with van der Waals surface area (Å²) in [6.07, 6.45) is 0. The van der Waals surface area contributed by atoms with Crippen molar-refractivity contribution in [2.45, 2.75) is 31.3 Å². The van der Waals surface area contributed by atoms with Crippen molar-refractivity contribution >= 4 is 21.6 Å². The molecule has 0 N–H and O–H groups in total. The molecule has 0 saturated carbocycles. The first kappa shape index (κ1) is 15.3. The van der Waals surface area contributed by atoms with Gasteiger partial charge in [-0.1, -0.05) is 36.9 Å². The Balaban J connectivity index is 2.53. The summed E-state index contributed by atoms with van der Waals surface area (Å²) in [4.78, 5) is 0.316. The zero-order valence-corrected chi connectivity index (χ0v) is 12.8. The molecule has 1 rings (SSSR count). The van der Waals surface area contributed by atoms with Gasteiger partial charge in [0.2, 0.25) is 0 Å². The summed E-state index contributed by atoms with van der Waals surface area (Å²) in [6.45, 7) is 8.83. The molecule has 0 bridgehead atoms. The van der Waals surface area contributed by atoms with Crippen molar-refractivity contribution in [1.82, 2.24) is 0 Å². The van der Waals surface area contributed by atoms with E-state index in [0.29, 0.717) is 10.7 Å². The monoisotopic (exact) mass is 284 g/mol. The molecule has 0 aliphatic carbocycles. The number of hydrogen-bond acceptors (Lipinski definition) is 3. The van der Waals surface area contributed by atoms with Crippen LogP contribution in [0.4, 0.5) is 0 Å². The average Bonchev–Trinajstić information content (AvgIpc) is 2.28. The molecule has 0 aliphatic rings. The van der Waals surface area contributed by atoms with Gasteiger partial charge < -0.3 is 0 Å². The maximum absolute atomic E-state index is 12.1. The number of thioether (sulfide) groups is 1. The molecule has 100 valence electrons. The van der Waals surface area contributed by atoms with Crippen molar-refractivity contribution in [3.8, 4) is 0 Å². The Bertz CT molecular complexity index is 496. The Hall–Kier alpha value is -0.740. The summed E-state index contributed by atoms with van der Waals surface area (Å²) in [5, 5.41) is 0. The van der Waals surface area contributed by atoms with Gasteiger partial charge in [0, 0.05) is 16.4 Å². The smallest absolute Gasteiger partial charge is 0.179 e. The molecule has 0 spiro atoms. The molecule has 18 heavy (non-hydrogen) atoms. The lowest BCUT2D eigenvalue weighted by atomic mass is 10.2. The van der Waals surface area contributed by atoms with Crippen molar-refractivity contribution in [2.75, 3.05) is 5.75 Å². The van der Waals surface area contributed by atoms with Crippen LogP contribution in [0.3, 0.4) is 0 Å². The molecule has 2 nitrogen and oxygen atoms in total. The molecule has 0 saturated heterocycles. The van der Waals surface area contributed by atoms with E-state index in [0.717, 1.165) is 5.75 Å². The molecule has 1 aromatic carbocycles. The van der Waals surface area contributed by atoms with Gasteiger partial charge in [-0.15, -0.1) is 0 Å². The molecule has 0 heterocycles.